The zero-order valence-corrected chi connectivity index (χ0v) is 20.2. The van der Waals surface area contributed by atoms with Crippen molar-refractivity contribution in [2.45, 2.75) is 32.5 Å². The van der Waals surface area contributed by atoms with Crippen LogP contribution >= 0.6 is 0 Å². The first-order valence-electron chi connectivity index (χ1n) is 11.4. The molecule has 0 bridgehead atoms. The summed E-state index contributed by atoms with van der Waals surface area (Å²) in [6.07, 6.45) is -4.79. The number of nitriles is 1. The molecule has 37 heavy (non-hydrogen) atoms. The Morgan fingerprint density at radius 2 is 1.62 bits per heavy atom. The van der Waals surface area contributed by atoms with E-state index in [1.165, 1.54) is 26.0 Å². The molecule has 0 spiro atoms. The van der Waals surface area contributed by atoms with Crippen LogP contribution in [0.15, 0.2) is 77.1 Å². The van der Waals surface area contributed by atoms with E-state index in [-0.39, 0.29) is 49.0 Å². The van der Waals surface area contributed by atoms with E-state index in [0.717, 1.165) is 17.7 Å². The van der Waals surface area contributed by atoms with Crippen LogP contribution in [0.3, 0.4) is 0 Å². The Bertz CT molecular complexity index is 1250. The lowest BCUT2D eigenvalue weighted by molar-refractivity contribution is -0.142. The third-order valence-corrected chi connectivity index (χ3v) is 5.54. The van der Waals surface area contributed by atoms with Gasteiger partial charge in [-0.2, -0.15) is 18.4 Å². The topological polar surface area (TPSA) is 97.7 Å². The molecule has 2 aromatic carbocycles. The Balaban J connectivity index is 1.94. The first-order valence-corrected chi connectivity index (χ1v) is 11.4. The van der Waals surface area contributed by atoms with Gasteiger partial charge in [0.15, 0.2) is 0 Å². The van der Waals surface area contributed by atoms with E-state index in [1.54, 1.807) is 6.07 Å². The van der Waals surface area contributed by atoms with Gasteiger partial charge in [0, 0.05) is 5.70 Å². The predicted molar refractivity (Wildman–Crippen MR) is 126 cm³/mol. The lowest BCUT2D eigenvalue weighted by atomic mass is 9.78. The monoisotopic (exact) mass is 514 g/mol. The molecule has 1 heterocycles. The summed E-state index contributed by atoms with van der Waals surface area (Å²) in [6, 6.07) is 15.7. The van der Waals surface area contributed by atoms with Crippen LogP contribution in [0.5, 0.6) is 0 Å². The summed E-state index contributed by atoms with van der Waals surface area (Å²) in [6.45, 7) is 2.99. The fraction of sp³-hybridized carbons (Fsp3) is 0.296. The van der Waals surface area contributed by atoms with Gasteiger partial charge in [0.2, 0.25) is 0 Å². The Kier molecular flexibility index (Phi) is 9.09. The molecule has 0 amide bonds. The standard InChI is InChI=1S/C27H25F3N2O5/c1-3-36-26(34)24-21(15-31)32-17(2)22(23(24)19-11-7-8-12-20(19)27(28,29)30)25(33)37-14-13-35-16-18-9-5-4-6-10-18/h4-12,23,32H,3,13-14,16H2,1-2H3. The van der Waals surface area contributed by atoms with Crippen LogP contribution in [0, 0.1) is 11.3 Å². The molecular formula is C27H25F3N2O5. The second-order valence-electron chi connectivity index (χ2n) is 7.98. The molecule has 1 aliphatic heterocycles. The number of nitrogens with one attached hydrogen (secondary N) is 1. The molecule has 7 nitrogen and oxygen atoms in total. The Morgan fingerprint density at radius 1 is 0.973 bits per heavy atom. The van der Waals surface area contributed by atoms with Crippen molar-refractivity contribution < 1.29 is 37.0 Å². The first kappa shape index (κ1) is 27.5. The molecule has 0 saturated carbocycles. The molecular weight excluding hydrogens is 489 g/mol. The molecule has 1 N–H and O–H groups in total. The molecule has 194 valence electrons. The lowest BCUT2D eigenvalue weighted by Gasteiger charge is -2.30. The Hall–Kier alpha value is -4.10. The number of hydrogen-bond donors (Lipinski definition) is 1. The summed E-state index contributed by atoms with van der Waals surface area (Å²) in [5.41, 5.74) is -1.37. The number of allylic oxidation sites excluding steroid dienone is 2. The van der Waals surface area contributed by atoms with Crippen LogP contribution in [-0.4, -0.2) is 31.8 Å². The maximum absolute atomic E-state index is 13.9. The molecule has 3 rings (SSSR count). The molecule has 0 aliphatic carbocycles. The van der Waals surface area contributed by atoms with Gasteiger partial charge in [0.05, 0.1) is 42.4 Å². The van der Waals surface area contributed by atoms with Gasteiger partial charge in [-0.3, -0.25) is 0 Å². The summed E-state index contributed by atoms with van der Waals surface area (Å²) < 4.78 is 57.7. The van der Waals surface area contributed by atoms with Crippen LogP contribution in [0.1, 0.15) is 36.5 Å². The number of benzene rings is 2. The summed E-state index contributed by atoms with van der Waals surface area (Å²) in [5, 5.41) is 12.3. The molecule has 1 unspecified atom stereocenters. The van der Waals surface area contributed by atoms with Gasteiger partial charge < -0.3 is 19.5 Å². The van der Waals surface area contributed by atoms with Crippen LogP contribution in [0.2, 0.25) is 0 Å². The van der Waals surface area contributed by atoms with Crippen LogP contribution < -0.4 is 5.32 Å². The van der Waals surface area contributed by atoms with E-state index in [1.807, 2.05) is 30.3 Å². The van der Waals surface area contributed by atoms with E-state index in [2.05, 4.69) is 5.32 Å². The number of halogens is 3. The van der Waals surface area contributed by atoms with Crippen molar-refractivity contribution in [3.05, 3.63) is 93.8 Å². The van der Waals surface area contributed by atoms with Gasteiger partial charge in [0.25, 0.3) is 0 Å². The summed E-state index contributed by atoms with van der Waals surface area (Å²) in [7, 11) is 0. The number of rotatable bonds is 9. The highest BCUT2D eigenvalue weighted by Crippen LogP contribution is 2.44. The Labute approximate surface area is 212 Å². The molecule has 1 aliphatic rings. The lowest BCUT2D eigenvalue weighted by Crippen LogP contribution is -2.34. The van der Waals surface area contributed by atoms with E-state index in [9.17, 15) is 28.0 Å². The normalized spacial score (nSPS) is 15.6. The van der Waals surface area contributed by atoms with E-state index >= 15 is 0 Å². The summed E-state index contributed by atoms with van der Waals surface area (Å²) >= 11 is 0. The van der Waals surface area contributed by atoms with Crippen LogP contribution in [-0.2, 0) is 36.6 Å². The maximum Gasteiger partial charge on any atom is 0.416 e. The van der Waals surface area contributed by atoms with Crippen molar-refractivity contribution in [3.8, 4) is 6.07 Å². The Morgan fingerprint density at radius 3 is 2.27 bits per heavy atom. The molecule has 1 atom stereocenters. The first-order chi connectivity index (χ1) is 17.7. The number of dihydropyridines is 1. The van der Waals surface area contributed by atoms with Gasteiger partial charge in [-0.15, -0.1) is 0 Å². The van der Waals surface area contributed by atoms with Crippen molar-refractivity contribution in [3.63, 3.8) is 0 Å². The zero-order valence-electron chi connectivity index (χ0n) is 20.2. The SMILES string of the molecule is CCOC(=O)C1=C(C#N)NC(C)=C(C(=O)OCCOCc2ccccc2)C1c1ccccc1C(F)(F)F. The van der Waals surface area contributed by atoms with Crippen LogP contribution in [0.25, 0.3) is 0 Å². The number of hydrogen-bond acceptors (Lipinski definition) is 7. The average Bonchev–Trinajstić information content (AvgIpc) is 2.87. The number of carbonyl (C=O) groups excluding carboxylic acids is 2. The minimum Gasteiger partial charge on any atom is -0.463 e. The smallest absolute Gasteiger partial charge is 0.416 e. The number of ether oxygens (including phenoxy) is 3. The van der Waals surface area contributed by atoms with Gasteiger partial charge in [-0.1, -0.05) is 48.5 Å². The summed E-state index contributed by atoms with van der Waals surface area (Å²) in [5.74, 6) is -3.52. The second kappa shape index (κ2) is 12.2. The number of alkyl halides is 3. The van der Waals surface area contributed by atoms with Crippen molar-refractivity contribution >= 4 is 11.9 Å². The minimum atomic E-state index is -4.79. The molecule has 0 aromatic heterocycles. The zero-order chi connectivity index (χ0) is 27.0. The van der Waals surface area contributed by atoms with E-state index in [0.29, 0.717) is 0 Å². The quantitative estimate of drug-likeness (QED) is 0.380. The maximum atomic E-state index is 13.9. The highest BCUT2D eigenvalue weighted by atomic mass is 19.4. The average molecular weight is 515 g/mol. The third kappa shape index (κ3) is 6.57. The third-order valence-electron chi connectivity index (χ3n) is 5.54. The van der Waals surface area contributed by atoms with E-state index in [4.69, 9.17) is 14.2 Å². The number of esters is 2. The fourth-order valence-corrected chi connectivity index (χ4v) is 3.97. The van der Waals surface area contributed by atoms with Crippen molar-refractivity contribution in [2.75, 3.05) is 19.8 Å². The largest absolute Gasteiger partial charge is 0.463 e. The van der Waals surface area contributed by atoms with Crippen LogP contribution in [0.4, 0.5) is 13.2 Å². The number of carbonyl (C=O) groups is 2. The van der Waals surface area contributed by atoms with Crippen molar-refractivity contribution in [2.24, 2.45) is 0 Å². The fourth-order valence-electron chi connectivity index (χ4n) is 3.97. The van der Waals surface area contributed by atoms with E-state index < -0.39 is 35.2 Å². The van der Waals surface area contributed by atoms with Gasteiger partial charge in [-0.25, -0.2) is 9.59 Å². The highest BCUT2D eigenvalue weighted by molar-refractivity contribution is 6.00. The second-order valence-corrected chi connectivity index (χ2v) is 7.98. The predicted octanol–water partition coefficient (Wildman–Crippen LogP) is 4.77. The molecule has 0 saturated heterocycles. The van der Waals surface area contributed by atoms with Gasteiger partial charge in [-0.05, 0) is 31.0 Å². The molecule has 0 radical (unpaired) electrons. The van der Waals surface area contributed by atoms with Gasteiger partial charge in [0.1, 0.15) is 18.4 Å². The minimum absolute atomic E-state index is 0.0359. The molecule has 10 heteroatoms. The van der Waals surface area contributed by atoms with Gasteiger partial charge >= 0.3 is 18.1 Å². The van der Waals surface area contributed by atoms with Crippen molar-refractivity contribution in [1.29, 1.82) is 5.26 Å². The summed E-state index contributed by atoms with van der Waals surface area (Å²) in [4.78, 5) is 26.1. The molecule has 0 fully saturated rings. The molecule has 2 aromatic rings. The highest BCUT2D eigenvalue weighted by Gasteiger charge is 2.44. The van der Waals surface area contributed by atoms with Crippen molar-refractivity contribution in [1.82, 2.24) is 5.32 Å². The number of nitrogens with zero attached hydrogens (tertiary/aromatic N) is 1.